The Labute approximate surface area is 119 Å². The lowest BCUT2D eigenvalue weighted by Crippen LogP contribution is -2.08. The number of halogens is 1. The first kappa shape index (κ1) is 13.5. The van der Waals surface area contributed by atoms with Crippen molar-refractivity contribution in [2.75, 3.05) is 0 Å². The fourth-order valence-electron chi connectivity index (χ4n) is 1.50. The quantitative estimate of drug-likeness (QED) is 0.491. The van der Waals surface area contributed by atoms with Crippen molar-refractivity contribution < 1.29 is 14.3 Å². The Morgan fingerprint density at radius 3 is 2.42 bits per heavy atom. The van der Waals surface area contributed by atoms with Gasteiger partial charge in [-0.3, -0.25) is 4.79 Å². The zero-order valence-electron chi connectivity index (χ0n) is 10.2. The molecule has 19 heavy (non-hydrogen) atoms. The molecule has 0 aliphatic rings. The van der Waals surface area contributed by atoms with Crippen molar-refractivity contribution in [1.82, 2.24) is 0 Å². The Bertz CT molecular complexity index is 618. The van der Waals surface area contributed by atoms with Crippen molar-refractivity contribution in [2.45, 2.75) is 6.92 Å². The highest BCUT2D eigenvalue weighted by Gasteiger charge is 2.09. The van der Waals surface area contributed by atoms with E-state index in [1.807, 2.05) is 13.0 Å². The Balaban J connectivity index is 2.15. The molecule has 0 aliphatic carbocycles. The molecular weight excluding hydrogens is 308 g/mol. The van der Waals surface area contributed by atoms with Crippen LogP contribution in [0.1, 0.15) is 26.3 Å². The molecule has 0 saturated heterocycles. The molecule has 3 nitrogen and oxygen atoms in total. The molecule has 0 aliphatic heterocycles. The molecule has 0 amide bonds. The molecule has 0 aromatic heterocycles. The van der Waals surface area contributed by atoms with Gasteiger partial charge in [-0.15, -0.1) is 0 Å². The van der Waals surface area contributed by atoms with Gasteiger partial charge in [0.1, 0.15) is 12.0 Å². The van der Waals surface area contributed by atoms with Gasteiger partial charge in [-0.2, -0.15) is 0 Å². The van der Waals surface area contributed by atoms with Gasteiger partial charge >= 0.3 is 5.97 Å². The molecule has 2 aromatic rings. The largest absolute Gasteiger partial charge is 0.423 e. The lowest BCUT2D eigenvalue weighted by atomic mass is 10.1. The Kier molecular flexibility index (Phi) is 4.12. The summed E-state index contributed by atoms with van der Waals surface area (Å²) in [5.74, 6) is -0.0214. The number of aldehydes is 1. The summed E-state index contributed by atoms with van der Waals surface area (Å²) in [5, 5.41) is 0. The van der Waals surface area contributed by atoms with E-state index in [0.29, 0.717) is 16.9 Å². The van der Waals surface area contributed by atoms with Crippen LogP contribution in [0.15, 0.2) is 46.9 Å². The first-order valence-electron chi connectivity index (χ1n) is 5.64. The smallest absolute Gasteiger partial charge is 0.343 e. The van der Waals surface area contributed by atoms with E-state index in [1.54, 1.807) is 36.4 Å². The van der Waals surface area contributed by atoms with Crippen molar-refractivity contribution in [3.05, 3.63) is 63.6 Å². The molecule has 2 aromatic carbocycles. The third kappa shape index (κ3) is 3.29. The molecule has 0 fully saturated rings. The number of carbonyl (C=O) groups is 2. The van der Waals surface area contributed by atoms with Crippen molar-refractivity contribution in [1.29, 1.82) is 0 Å². The second-order valence-corrected chi connectivity index (χ2v) is 4.89. The fourth-order valence-corrected chi connectivity index (χ4v) is 1.88. The minimum Gasteiger partial charge on any atom is -0.423 e. The van der Waals surface area contributed by atoms with Crippen LogP contribution in [0.3, 0.4) is 0 Å². The Morgan fingerprint density at radius 2 is 1.84 bits per heavy atom. The molecule has 0 unspecified atom stereocenters. The monoisotopic (exact) mass is 318 g/mol. The van der Waals surface area contributed by atoms with Crippen LogP contribution >= 0.6 is 15.9 Å². The van der Waals surface area contributed by atoms with Crippen LogP contribution in [0.25, 0.3) is 0 Å². The van der Waals surface area contributed by atoms with Crippen molar-refractivity contribution >= 4 is 28.2 Å². The minimum absolute atomic E-state index is 0.410. The van der Waals surface area contributed by atoms with E-state index in [-0.39, 0.29) is 0 Å². The van der Waals surface area contributed by atoms with E-state index in [0.717, 1.165) is 16.3 Å². The molecule has 0 heterocycles. The fraction of sp³-hybridized carbons (Fsp3) is 0.0667. The van der Waals surface area contributed by atoms with Gasteiger partial charge in [0.15, 0.2) is 0 Å². The lowest BCUT2D eigenvalue weighted by molar-refractivity contribution is 0.0734. The highest BCUT2D eigenvalue weighted by molar-refractivity contribution is 9.10. The maximum Gasteiger partial charge on any atom is 0.343 e. The van der Waals surface area contributed by atoms with Crippen LogP contribution in [0.4, 0.5) is 0 Å². The molecule has 0 saturated carbocycles. The predicted molar refractivity (Wildman–Crippen MR) is 75.7 cm³/mol. The summed E-state index contributed by atoms with van der Waals surface area (Å²) in [6.45, 7) is 1.94. The van der Waals surface area contributed by atoms with Crippen LogP contribution in [-0.4, -0.2) is 12.3 Å². The van der Waals surface area contributed by atoms with Crippen molar-refractivity contribution in [3.8, 4) is 5.75 Å². The molecule has 0 radical (unpaired) electrons. The number of hydrogen-bond acceptors (Lipinski definition) is 3. The number of carbonyl (C=O) groups excluding carboxylic acids is 2. The van der Waals surface area contributed by atoms with Gasteiger partial charge in [-0.1, -0.05) is 22.0 Å². The number of rotatable bonds is 3. The highest BCUT2D eigenvalue weighted by Crippen LogP contribution is 2.19. The molecule has 0 atom stereocenters. The second-order valence-electron chi connectivity index (χ2n) is 4.04. The summed E-state index contributed by atoms with van der Waals surface area (Å²) < 4.78 is 6.08. The SMILES string of the molecule is Cc1ccc(C(=O)Oc2ccc(C=O)cc2)cc1Br. The van der Waals surface area contributed by atoms with Crippen molar-refractivity contribution in [2.24, 2.45) is 0 Å². The summed E-state index contributed by atoms with van der Waals surface area (Å²) in [6, 6.07) is 11.6. The molecule has 0 bridgehead atoms. The summed E-state index contributed by atoms with van der Waals surface area (Å²) in [7, 11) is 0. The third-order valence-electron chi connectivity index (χ3n) is 2.63. The summed E-state index contributed by atoms with van der Waals surface area (Å²) in [5.41, 5.74) is 2.06. The van der Waals surface area contributed by atoms with Crippen molar-refractivity contribution in [3.63, 3.8) is 0 Å². The zero-order chi connectivity index (χ0) is 13.8. The van der Waals surface area contributed by atoms with E-state index >= 15 is 0 Å². The Hall–Kier alpha value is -1.94. The lowest BCUT2D eigenvalue weighted by Gasteiger charge is -2.05. The zero-order valence-corrected chi connectivity index (χ0v) is 11.8. The summed E-state index contributed by atoms with van der Waals surface area (Å²) >= 11 is 3.37. The van der Waals surface area contributed by atoms with E-state index in [1.165, 1.54) is 0 Å². The molecule has 0 spiro atoms. The third-order valence-corrected chi connectivity index (χ3v) is 3.49. The minimum atomic E-state index is -0.431. The topological polar surface area (TPSA) is 43.4 Å². The van der Waals surface area contributed by atoms with Crippen LogP contribution < -0.4 is 4.74 Å². The number of hydrogen-bond donors (Lipinski definition) is 0. The number of esters is 1. The Morgan fingerprint density at radius 1 is 1.16 bits per heavy atom. The van der Waals surface area contributed by atoms with Gasteiger partial charge in [-0.25, -0.2) is 4.79 Å². The first-order valence-corrected chi connectivity index (χ1v) is 6.43. The standard InChI is InChI=1S/C15H11BrO3/c1-10-2-5-12(8-14(10)16)15(18)19-13-6-3-11(9-17)4-7-13/h2-9H,1H3. The van der Waals surface area contributed by atoms with Gasteiger partial charge in [-0.05, 0) is 48.9 Å². The molecule has 0 N–H and O–H groups in total. The van der Waals surface area contributed by atoms with E-state index < -0.39 is 5.97 Å². The number of benzene rings is 2. The maximum atomic E-state index is 11.9. The predicted octanol–water partition coefficient (Wildman–Crippen LogP) is 3.79. The molecular formula is C15H11BrO3. The van der Waals surface area contributed by atoms with E-state index in [9.17, 15) is 9.59 Å². The molecule has 2 rings (SSSR count). The average molecular weight is 319 g/mol. The highest BCUT2D eigenvalue weighted by atomic mass is 79.9. The number of aryl methyl sites for hydroxylation is 1. The van der Waals surface area contributed by atoms with Crippen LogP contribution in [-0.2, 0) is 0 Å². The van der Waals surface area contributed by atoms with Crippen LogP contribution in [0, 0.1) is 6.92 Å². The number of ether oxygens (including phenoxy) is 1. The van der Waals surface area contributed by atoms with Gasteiger partial charge in [0, 0.05) is 10.0 Å². The van der Waals surface area contributed by atoms with Crippen LogP contribution in [0.5, 0.6) is 5.75 Å². The van der Waals surface area contributed by atoms with Gasteiger partial charge in [0.05, 0.1) is 5.56 Å². The van der Waals surface area contributed by atoms with Gasteiger partial charge in [0.2, 0.25) is 0 Å². The van der Waals surface area contributed by atoms with Crippen LogP contribution in [0.2, 0.25) is 0 Å². The average Bonchev–Trinajstić information content (AvgIpc) is 2.42. The van der Waals surface area contributed by atoms with Gasteiger partial charge in [0.25, 0.3) is 0 Å². The second kappa shape index (κ2) is 5.80. The first-order chi connectivity index (χ1) is 9.10. The summed E-state index contributed by atoms with van der Waals surface area (Å²) in [4.78, 5) is 22.4. The van der Waals surface area contributed by atoms with Gasteiger partial charge < -0.3 is 4.74 Å². The maximum absolute atomic E-state index is 11.9. The summed E-state index contributed by atoms with van der Waals surface area (Å²) in [6.07, 6.45) is 0.739. The molecule has 4 heteroatoms. The molecule has 96 valence electrons. The van der Waals surface area contributed by atoms with E-state index in [4.69, 9.17) is 4.74 Å². The normalized spacial score (nSPS) is 10.0. The van der Waals surface area contributed by atoms with E-state index in [2.05, 4.69) is 15.9 Å².